The van der Waals surface area contributed by atoms with Gasteiger partial charge < -0.3 is 15.4 Å². The molecule has 0 amide bonds. The smallest absolute Gasteiger partial charge is 0.126 e. The van der Waals surface area contributed by atoms with Crippen molar-refractivity contribution in [1.29, 1.82) is 5.41 Å². The second-order valence-electron chi connectivity index (χ2n) is 4.81. The summed E-state index contributed by atoms with van der Waals surface area (Å²) in [5.41, 5.74) is 7.62. The Balaban J connectivity index is 2.41. The predicted octanol–water partition coefficient (Wildman–Crippen LogP) is 2.31. The number of ether oxygens (including phenoxy) is 1. The Labute approximate surface area is 118 Å². The van der Waals surface area contributed by atoms with Gasteiger partial charge in [0.25, 0.3) is 0 Å². The highest BCUT2D eigenvalue weighted by Gasteiger charge is 2.29. The van der Waals surface area contributed by atoms with Gasteiger partial charge in [0, 0.05) is 24.2 Å². The first kappa shape index (κ1) is 14.2. The number of nitrogen functional groups attached to an aromatic ring is 1. The molecule has 104 valence electrons. The fourth-order valence-corrected chi connectivity index (χ4v) is 3.30. The number of anilines is 1. The van der Waals surface area contributed by atoms with E-state index in [0.717, 1.165) is 29.2 Å². The van der Waals surface area contributed by atoms with Crippen LogP contribution in [-0.4, -0.2) is 37.9 Å². The number of nitrogens with two attached hydrogens (primary N) is 1. The highest BCUT2D eigenvalue weighted by atomic mass is 32.2. The molecule has 0 radical (unpaired) electrons. The lowest BCUT2D eigenvalue weighted by molar-refractivity contribution is 0.118. The van der Waals surface area contributed by atoms with E-state index in [2.05, 4.69) is 18.9 Å². The van der Waals surface area contributed by atoms with Gasteiger partial charge in [0.2, 0.25) is 0 Å². The normalized spacial score (nSPS) is 22.5. The van der Waals surface area contributed by atoms with Crippen molar-refractivity contribution in [2.24, 2.45) is 5.73 Å². The van der Waals surface area contributed by atoms with Crippen LogP contribution in [0, 0.1) is 5.41 Å². The molecule has 1 fully saturated rings. The molecule has 0 aromatic heterocycles. The average molecular weight is 279 g/mol. The van der Waals surface area contributed by atoms with Crippen LogP contribution in [-0.2, 0) is 4.74 Å². The maximum atomic E-state index is 7.84. The first-order chi connectivity index (χ1) is 9.06. The quantitative estimate of drug-likeness (QED) is 0.504. The molecule has 0 spiro atoms. The van der Waals surface area contributed by atoms with Gasteiger partial charge in [-0.15, -0.1) is 11.8 Å². The molecule has 2 rings (SSSR count). The number of nitrogens with zero attached hydrogens (tertiary/aromatic N) is 1. The SMILES string of the molecule is CSc1cccc(N(C)C2CCOC2C)c1C(=N)N. The summed E-state index contributed by atoms with van der Waals surface area (Å²) in [4.78, 5) is 3.25. The Hall–Kier alpha value is -1.20. The third-order valence-corrected chi connectivity index (χ3v) is 4.49. The highest BCUT2D eigenvalue weighted by molar-refractivity contribution is 7.98. The van der Waals surface area contributed by atoms with Crippen molar-refractivity contribution in [3.8, 4) is 0 Å². The van der Waals surface area contributed by atoms with Crippen LogP contribution in [0.3, 0.4) is 0 Å². The number of rotatable bonds is 4. The predicted molar refractivity (Wildman–Crippen MR) is 81.5 cm³/mol. The largest absolute Gasteiger partial charge is 0.384 e. The first-order valence-electron chi connectivity index (χ1n) is 6.42. The third kappa shape index (κ3) is 2.72. The van der Waals surface area contributed by atoms with Gasteiger partial charge in [-0.3, -0.25) is 5.41 Å². The molecule has 3 N–H and O–H groups in total. The molecular formula is C14H21N3OS. The lowest BCUT2D eigenvalue weighted by atomic mass is 10.1. The second kappa shape index (κ2) is 5.84. The molecule has 2 atom stereocenters. The van der Waals surface area contributed by atoms with Crippen LogP contribution in [0.4, 0.5) is 5.69 Å². The Morgan fingerprint density at radius 2 is 2.26 bits per heavy atom. The molecule has 0 saturated carbocycles. The van der Waals surface area contributed by atoms with Gasteiger partial charge in [0.05, 0.1) is 17.7 Å². The highest BCUT2D eigenvalue weighted by Crippen LogP contribution is 2.32. The Kier molecular flexibility index (Phi) is 4.37. The molecule has 1 aromatic carbocycles. The van der Waals surface area contributed by atoms with Crippen molar-refractivity contribution in [2.75, 3.05) is 24.8 Å². The van der Waals surface area contributed by atoms with Gasteiger partial charge in [0.15, 0.2) is 0 Å². The minimum Gasteiger partial charge on any atom is -0.384 e. The van der Waals surface area contributed by atoms with Crippen LogP contribution in [0.5, 0.6) is 0 Å². The van der Waals surface area contributed by atoms with E-state index in [4.69, 9.17) is 15.9 Å². The summed E-state index contributed by atoms with van der Waals surface area (Å²) >= 11 is 1.62. The third-order valence-electron chi connectivity index (χ3n) is 3.71. The van der Waals surface area contributed by atoms with Crippen LogP contribution in [0.25, 0.3) is 0 Å². The van der Waals surface area contributed by atoms with E-state index in [9.17, 15) is 0 Å². The van der Waals surface area contributed by atoms with Crippen LogP contribution in [0.2, 0.25) is 0 Å². The Morgan fingerprint density at radius 1 is 1.53 bits per heavy atom. The number of nitrogens with one attached hydrogen (secondary N) is 1. The van der Waals surface area contributed by atoms with Crippen molar-refractivity contribution in [1.82, 2.24) is 0 Å². The maximum Gasteiger partial charge on any atom is 0.126 e. The van der Waals surface area contributed by atoms with Crippen LogP contribution < -0.4 is 10.6 Å². The number of hydrogen-bond acceptors (Lipinski definition) is 4. The minimum atomic E-state index is 0.123. The molecule has 1 aliphatic rings. The molecule has 1 aliphatic heterocycles. The fourth-order valence-electron chi connectivity index (χ4n) is 2.66. The molecule has 1 heterocycles. The van der Waals surface area contributed by atoms with Gasteiger partial charge in [-0.2, -0.15) is 0 Å². The molecule has 1 saturated heterocycles. The van der Waals surface area contributed by atoms with Crippen molar-refractivity contribution in [2.45, 2.75) is 30.4 Å². The van der Waals surface area contributed by atoms with Crippen molar-refractivity contribution >= 4 is 23.3 Å². The van der Waals surface area contributed by atoms with Gasteiger partial charge in [0.1, 0.15) is 5.84 Å². The van der Waals surface area contributed by atoms with E-state index in [0.29, 0.717) is 6.04 Å². The zero-order valence-corrected chi connectivity index (χ0v) is 12.5. The van der Waals surface area contributed by atoms with Crippen molar-refractivity contribution in [3.63, 3.8) is 0 Å². The van der Waals surface area contributed by atoms with Gasteiger partial charge in [-0.25, -0.2) is 0 Å². The first-order valence-corrected chi connectivity index (χ1v) is 7.64. The van der Waals surface area contributed by atoms with Crippen LogP contribution in [0.1, 0.15) is 18.9 Å². The lowest BCUT2D eigenvalue weighted by Crippen LogP contribution is -2.38. The Morgan fingerprint density at radius 3 is 2.79 bits per heavy atom. The van der Waals surface area contributed by atoms with E-state index in [1.807, 2.05) is 24.5 Å². The summed E-state index contributed by atoms with van der Waals surface area (Å²) in [7, 11) is 2.06. The summed E-state index contributed by atoms with van der Waals surface area (Å²) < 4.78 is 5.63. The fraction of sp³-hybridized carbons (Fsp3) is 0.500. The lowest BCUT2D eigenvalue weighted by Gasteiger charge is -2.31. The average Bonchev–Trinajstić information content (AvgIpc) is 2.83. The maximum absolute atomic E-state index is 7.84. The molecule has 2 unspecified atom stereocenters. The number of thioether (sulfide) groups is 1. The zero-order valence-electron chi connectivity index (χ0n) is 11.6. The molecule has 19 heavy (non-hydrogen) atoms. The zero-order chi connectivity index (χ0) is 14.0. The van der Waals surface area contributed by atoms with Crippen molar-refractivity contribution in [3.05, 3.63) is 23.8 Å². The number of hydrogen-bond donors (Lipinski definition) is 2. The van der Waals surface area contributed by atoms with Gasteiger partial charge in [-0.1, -0.05) is 6.07 Å². The van der Waals surface area contributed by atoms with E-state index >= 15 is 0 Å². The Bertz CT molecular complexity index is 478. The number of amidine groups is 1. The van der Waals surface area contributed by atoms with E-state index in [1.54, 1.807) is 11.8 Å². The molecule has 5 heteroatoms. The summed E-state index contributed by atoms with van der Waals surface area (Å²) in [6.45, 7) is 2.90. The summed E-state index contributed by atoms with van der Waals surface area (Å²) in [6, 6.07) is 6.40. The van der Waals surface area contributed by atoms with Crippen molar-refractivity contribution < 1.29 is 4.74 Å². The standard InChI is InChI=1S/C14H21N3OS/c1-9-10(7-8-18-9)17(2)11-5-4-6-12(19-3)13(11)14(15)16/h4-6,9-10H,7-8H2,1-3H3,(H3,15,16). The van der Waals surface area contributed by atoms with E-state index < -0.39 is 0 Å². The molecule has 4 nitrogen and oxygen atoms in total. The summed E-state index contributed by atoms with van der Waals surface area (Å²) in [5.74, 6) is 0.123. The summed E-state index contributed by atoms with van der Waals surface area (Å²) in [6.07, 6.45) is 3.23. The van der Waals surface area contributed by atoms with Crippen LogP contribution >= 0.6 is 11.8 Å². The van der Waals surface area contributed by atoms with Gasteiger partial charge >= 0.3 is 0 Å². The molecular weight excluding hydrogens is 258 g/mol. The molecule has 1 aromatic rings. The molecule has 0 bridgehead atoms. The van der Waals surface area contributed by atoms with E-state index in [-0.39, 0.29) is 11.9 Å². The minimum absolute atomic E-state index is 0.123. The van der Waals surface area contributed by atoms with Gasteiger partial charge in [-0.05, 0) is 31.7 Å². The van der Waals surface area contributed by atoms with Crippen LogP contribution in [0.15, 0.2) is 23.1 Å². The molecule has 0 aliphatic carbocycles. The van der Waals surface area contributed by atoms with E-state index in [1.165, 1.54) is 0 Å². The monoisotopic (exact) mass is 279 g/mol. The number of benzene rings is 1. The number of likely N-dealkylation sites (N-methyl/N-ethyl adjacent to an activating group) is 1. The summed E-state index contributed by atoms with van der Waals surface area (Å²) in [5, 5.41) is 7.84. The second-order valence-corrected chi connectivity index (χ2v) is 5.66. The topological polar surface area (TPSA) is 62.3 Å².